The van der Waals surface area contributed by atoms with Crippen LogP contribution >= 0.6 is 0 Å². The lowest BCUT2D eigenvalue weighted by molar-refractivity contribution is -0.869. The van der Waals surface area contributed by atoms with E-state index in [-0.39, 0.29) is 0 Å². The number of unbranched alkanes of at least 4 members (excludes halogenated alkanes) is 13. The lowest BCUT2D eigenvalue weighted by Gasteiger charge is -2.25. The molecule has 0 heterocycles. The smallest absolute Gasteiger partial charge is 0.227 e. The highest BCUT2D eigenvalue weighted by Gasteiger charge is 2.13. The Hall–Kier alpha value is -0.570. The van der Waals surface area contributed by atoms with E-state index in [4.69, 9.17) is 0 Å². The predicted octanol–water partition coefficient (Wildman–Crippen LogP) is 6.02. The van der Waals surface area contributed by atoms with Crippen molar-refractivity contribution in [3.05, 3.63) is 0 Å². The van der Waals surface area contributed by atoms with Crippen LogP contribution in [0.25, 0.3) is 0 Å². The van der Waals surface area contributed by atoms with Crippen molar-refractivity contribution in [2.24, 2.45) is 0 Å². The van der Waals surface area contributed by atoms with Gasteiger partial charge in [0, 0.05) is 13.6 Å². The lowest BCUT2D eigenvalue weighted by Crippen LogP contribution is -2.39. The second-order valence-corrected chi connectivity index (χ2v) is 9.18. The third-order valence-electron chi connectivity index (χ3n) is 5.27. The SMILES string of the molecule is CCCCCCCCCCCCCCCCN(C)C(=O)CC[N+](C)(C)C. The van der Waals surface area contributed by atoms with Gasteiger partial charge in [0.2, 0.25) is 5.91 Å². The third-order valence-corrected chi connectivity index (χ3v) is 5.27. The number of carbonyl (C=O) groups excluding carboxylic acids is 1. The molecule has 0 aromatic rings. The van der Waals surface area contributed by atoms with Gasteiger partial charge in [0.25, 0.3) is 0 Å². The van der Waals surface area contributed by atoms with Crippen LogP contribution in [-0.4, -0.2) is 56.6 Å². The summed E-state index contributed by atoms with van der Waals surface area (Å²) >= 11 is 0. The first-order valence-electron chi connectivity index (χ1n) is 11.4. The predicted molar refractivity (Wildman–Crippen MR) is 115 cm³/mol. The van der Waals surface area contributed by atoms with Crippen LogP contribution in [0.4, 0.5) is 0 Å². The Balaban J connectivity index is 3.31. The number of rotatable bonds is 18. The van der Waals surface area contributed by atoms with E-state index in [1.807, 2.05) is 11.9 Å². The van der Waals surface area contributed by atoms with E-state index in [9.17, 15) is 4.79 Å². The fraction of sp³-hybridized carbons (Fsp3) is 0.957. The minimum Gasteiger partial charge on any atom is -0.346 e. The Kier molecular flexibility index (Phi) is 16.2. The first-order chi connectivity index (χ1) is 12.4. The maximum absolute atomic E-state index is 12.1. The Labute approximate surface area is 165 Å². The first kappa shape index (κ1) is 25.4. The standard InChI is InChI=1S/C23H49N2O/c1-6-7-8-9-10-11-12-13-14-15-16-17-18-19-21-24(2)23(26)20-22-25(3,4)5/h6-22H2,1-5H3/q+1. The van der Waals surface area contributed by atoms with Crippen LogP contribution in [0.15, 0.2) is 0 Å². The summed E-state index contributed by atoms with van der Waals surface area (Å²) in [4.78, 5) is 14.0. The molecule has 26 heavy (non-hydrogen) atoms. The van der Waals surface area contributed by atoms with Crippen molar-refractivity contribution in [2.75, 3.05) is 41.3 Å². The van der Waals surface area contributed by atoms with Crippen LogP contribution in [0.1, 0.15) is 103 Å². The second-order valence-electron chi connectivity index (χ2n) is 9.18. The van der Waals surface area contributed by atoms with E-state index in [0.717, 1.165) is 24.0 Å². The van der Waals surface area contributed by atoms with Gasteiger partial charge in [-0.15, -0.1) is 0 Å². The molecule has 0 spiro atoms. The molecule has 0 bridgehead atoms. The van der Waals surface area contributed by atoms with Crippen LogP contribution in [0.3, 0.4) is 0 Å². The molecule has 0 aromatic heterocycles. The van der Waals surface area contributed by atoms with Crippen molar-refractivity contribution >= 4 is 5.91 Å². The quantitative estimate of drug-likeness (QED) is 0.214. The van der Waals surface area contributed by atoms with Gasteiger partial charge in [-0.25, -0.2) is 0 Å². The molecule has 0 saturated carbocycles. The highest BCUT2D eigenvalue weighted by atomic mass is 16.2. The number of quaternary nitrogens is 1. The minimum atomic E-state index is 0.299. The molecule has 0 unspecified atom stereocenters. The molecule has 1 amide bonds. The Morgan fingerprint density at radius 2 is 1.08 bits per heavy atom. The number of hydrogen-bond donors (Lipinski definition) is 0. The van der Waals surface area contributed by atoms with Crippen molar-refractivity contribution in [1.29, 1.82) is 0 Å². The van der Waals surface area contributed by atoms with Gasteiger partial charge in [0.05, 0.1) is 34.1 Å². The highest BCUT2D eigenvalue weighted by Crippen LogP contribution is 2.13. The van der Waals surface area contributed by atoms with Crippen molar-refractivity contribution in [3.8, 4) is 0 Å². The zero-order valence-electron chi connectivity index (χ0n) is 18.8. The first-order valence-corrected chi connectivity index (χ1v) is 11.4. The molecular weight excluding hydrogens is 320 g/mol. The summed E-state index contributed by atoms with van der Waals surface area (Å²) in [6, 6.07) is 0. The number of carbonyl (C=O) groups is 1. The molecule has 0 radical (unpaired) electrons. The normalized spacial score (nSPS) is 11.7. The molecule has 3 heteroatoms. The molecule has 0 rings (SSSR count). The number of hydrogen-bond acceptors (Lipinski definition) is 1. The van der Waals surface area contributed by atoms with Gasteiger partial charge in [-0.05, 0) is 6.42 Å². The summed E-state index contributed by atoms with van der Waals surface area (Å²) in [6.07, 6.45) is 20.0. The summed E-state index contributed by atoms with van der Waals surface area (Å²) in [5.41, 5.74) is 0. The minimum absolute atomic E-state index is 0.299. The Bertz CT molecular complexity index is 323. The summed E-state index contributed by atoms with van der Waals surface area (Å²) in [5, 5.41) is 0. The maximum Gasteiger partial charge on any atom is 0.227 e. The topological polar surface area (TPSA) is 20.3 Å². The Morgan fingerprint density at radius 3 is 1.46 bits per heavy atom. The average molecular weight is 370 g/mol. The summed E-state index contributed by atoms with van der Waals surface area (Å²) in [7, 11) is 8.38. The van der Waals surface area contributed by atoms with Crippen molar-refractivity contribution in [3.63, 3.8) is 0 Å². The third kappa shape index (κ3) is 18.2. The van der Waals surface area contributed by atoms with E-state index in [1.54, 1.807) is 0 Å². The van der Waals surface area contributed by atoms with Gasteiger partial charge in [-0.3, -0.25) is 4.79 Å². The summed E-state index contributed by atoms with van der Waals surface area (Å²) in [5.74, 6) is 0.299. The molecule has 156 valence electrons. The van der Waals surface area contributed by atoms with Crippen molar-refractivity contribution in [1.82, 2.24) is 4.90 Å². The molecule has 0 aromatic carbocycles. The Morgan fingerprint density at radius 1 is 0.692 bits per heavy atom. The molecule has 0 aliphatic carbocycles. The van der Waals surface area contributed by atoms with E-state index in [2.05, 4.69) is 28.1 Å². The van der Waals surface area contributed by atoms with E-state index < -0.39 is 0 Å². The number of amides is 1. The van der Waals surface area contributed by atoms with Crippen LogP contribution in [0.5, 0.6) is 0 Å². The molecular formula is C23H49N2O+. The second kappa shape index (κ2) is 16.6. The van der Waals surface area contributed by atoms with Crippen LogP contribution in [-0.2, 0) is 4.79 Å². The molecule has 0 aliphatic heterocycles. The van der Waals surface area contributed by atoms with Crippen molar-refractivity contribution < 1.29 is 9.28 Å². The monoisotopic (exact) mass is 369 g/mol. The van der Waals surface area contributed by atoms with Gasteiger partial charge in [0.1, 0.15) is 0 Å². The van der Waals surface area contributed by atoms with Crippen LogP contribution in [0.2, 0.25) is 0 Å². The lowest BCUT2D eigenvalue weighted by atomic mass is 10.0. The fourth-order valence-electron chi connectivity index (χ4n) is 3.29. The molecule has 0 fully saturated rings. The van der Waals surface area contributed by atoms with Gasteiger partial charge >= 0.3 is 0 Å². The fourth-order valence-corrected chi connectivity index (χ4v) is 3.29. The zero-order chi connectivity index (χ0) is 19.7. The largest absolute Gasteiger partial charge is 0.346 e. The van der Waals surface area contributed by atoms with Gasteiger partial charge < -0.3 is 9.38 Å². The van der Waals surface area contributed by atoms with Crippen LogP contribution < -0.4 is 0 Å². The molecule has 0 atom stereocenters. The average Bonchev–Trinajstić information content (AvgIpc) is 2.59. The van der Waals surface area contributed by atoms with Crippen molar-refractivity contribution in [2.45, 2.75) is 103 Å². The van der Waals surface area contributed by atoms with E-state index in [0.29, 0.717) is 12.3 Å². The molecule has 0 aliphatic rings. The zero-order valence-corrected chi connectivity index (χ0v) is 18.8. The van der Waals surface area contributed by atoms with Crippen LogP contribution in [0, 0.1) is 0 Å². The summed E-state index contributed by atoms with van der Waals surface area (Å²) in [6.45, 7) is 4.13. The molecule has 0 saturated heterocycles. The van der Waals surface area contributed by atoms with E-state index >= 15 is 0 Å². The van der Waals surface area contributed by atoms with Gasteiger partial charge in [0.15, 0.2) is 0 Å². The molecule has 0 N–H and O–H groups in total. The summed E-state index contributed by atoms with van der Waals surface area (Å²) < 4.78 is 0.860. The van der Waals surface area contributed by atoms with Gasteiger partial charge in [-0.1, -0.05) is 90.4 Å². The van der Waals surface area contributed by atoms with Gasteiger partial charge in [-0.2, -0.15) is 0 Å². The molecule has 3 nitrogen and oxygen atoms in total. The number of nitrogens with zero attached hydrogens (tertiary/aromatic N) is 2. The van der Waals surface area contributed by atoms with E-state index in [1.165, 1.54) is 83.5 Å². The maximum atomic E-state index is 12.1. The highest BCUT2D eigenvalue weighted by molar-refractivity contribution is 5.75.